The van der Waals surface area contributed by atoms with Crippen molar-refractivity contribution in [2.45, 2.75) is 25.3 Å². The summed E-state index contributed by atoms with van der Waals surface area (Å²) in [5, 5.41) is 18.2. The summed E-state index contributed by atoms with van der Waals surface area (Å²) in [5.74, 6) is 0.155. The summed E-state index contributed by atoms with van der Waals surface area (Å²) in [6.07, 6.45) is 3.85. The summed E-state index contributed by atoms with van der Waals surface area (Å²) in [6.45, 7) is 1.99. The van der Waals surface area contributed by atoms with Crippen LogP contribution >= 0.6 is 23.2 Å². The predicted molar refractivity (Wildman–Crippen MR) is 124 cm³/mol. The molecule has 2 aromatic heterocycles. The number of nitrogens with one attached hydrogen (secondary N) is 2. The number of carbonyl (C=O) groups excluding carboxylic acids is 1. The first-order valence-electron chi connectivity index (χ1n) is 10.00. The van der Waals surface area contributed by atoms with Crippen LogP contribution in [0.15, 0.2) is 67.0 Å². The van der Waals surface area contributed by atoms with E-state index in [1.165, 1.54) is 0 Å². The molecule has 162 valence electrons. The lowest BCUT2D eigenvalue weighted by atomic mass is 9.86. The number of nitrogens with zero attached hydrogens (tertiary/aromatic N) is 4. The molecular formula is C23H20Cl2N6O. The van der Waals surface area contributed by atoms with Gasteiger partial charge >= 0.3 is 0 Å². The molecule has 2 unspecified atom stereocenters. The van der Waals surface area contributed by atoms with Crippen LogP contribution in [0.25, 0.3) is 11.4 Å². The molecule has 0 fully saturated rings. The second-order valence-electron chi connectivity index (χ2n) is 7.42. The molecule has 0 saturated heterocycles. The highest BCUT2D eigenvalue weighted by Gasteiger charge is 2.24. The van der Waals surface area contributed by atoms with Gasteiger partial charge in [-0.05, 0) is 65.2 Å². The molecule has 2 aromatic carbocycles. The van der Waals surface area contributed by atoms with E-state index < -0.39 is 0 Å². The summed E-state index contributed by atoms with van der Waals surface area (Å²) in [6, 6.07) is 16.9. The van der Waals surface area contributed by atoms with Gasteiger partial charge in [0.05, 0.1) is 11.1 Å². The molecule has 0 aliphatic carbocycles. The lowest BCUT2D eigenvalue weighted by molar-refractivity contribution is 0.0935. The van der Waals surface area contributed by atoms with Crippen LogP contribution in [0.5, 0.6) is 0 Å². The first-order chi connectivity index (χ1) is 15.5. The van der Waals surface area contributed by atoms with Crippen LogP contribution in [0, 0.1) is 0 Å². The normalized spacial score (nSPS) is 12.8. The molecule has 2 atom stereocenters. The Morgan fingerprint density at radius 2 is 1.72 bits per heavy atom. The minimum Gasteiger partial charge on any atom is -0.349 e. The Morgan fingerprint density at radius 1 is 1.03 bits per heavy atom. The summed E-state index contributed by atoms with van der Waals surface area (Å²) in [7, 11) is 0. The van der Waals surface area contributed by atoms with Gasteiger partial charge in [0.25, 0.3) is 5.91 Å². The van der Waals surface area contributed by atoms with Crippen LogP contribution < -0.4 is 5.32 Å². The predicted octanol–water partition coefficient (Wildman–Crippen LogP) is 4.71. The molecule has 2 N–H and O–H groups in total. The van der Waals surface area contributed by atoms with Gasteiger partial charge in [0.2, 0.25) is 0 Å². The summed E-state index contributed by atoms with van der Waals surface area (Å²) < 4.78 is 0. The van der Waals surface area contributed by atoms with Gasteiger partial charge < -0.3 is 5.32 Å². The third kappa shape index (κ3) is 5.12. The first kappa shape index (κ1) is 21.9. The molecule has 9 heteroatoms. The van der Waals surface area contributed by atoms with E-state index in [4.69, 9.17) is 23.2 Å². The van der Waals surface area contributed by atoms with E-state index >= 15 is 0 Å². The zero-order chi connectivity index (χ0) is 22.5. The van der Waals surface area contributed by atoms with Crippen LogP contribution in [-0.2, 0) is 6.42 Å². The fourth-order valence-corrected chi connectivity index (χ4v) is 3.86. The molecule has 0 aliphatic heterocycles. The Labute approximate surface area is 195 Å². The van der Waals surface area contributed by atoms with Crippen LogP contribution in [-0.4, -0.2) is 37.6 Å². The van der Waals surface area contributed by atoms with E-state index in [0.29, 0.717) is 27.0 Å². The monoisotopic (exact) mass is 466 g/mol. The van der Waals surface area contributed by atoms with Gasteiger partial charge in [-0.25, -0.2) is 5.10 Å². The third-order valence-electron chi connectivity index (χ3n) is 5.30. The highest BCUT2D eigenvalue weighted by molar-refractivity contribution is 6.30. The highest BCUT2D eigenvalue weighted by Crippen LogP contribution is 2.27. The van der Waals surface area contributed by atoms with Crippen molar-refractivity contribution in [3.63, 3.8) is 0 Å². The van der Waals surface area contributed by atoms with Gasteiger partial charge in [-0.3, -0.25) is 9.78 Å². The smallest absolute Gasteiger partial charge is 0.252 e. The van der Waals surface area contributed by atoms with Gasteiger partial charge in [0, 0.05) is 34.4 Å². The average molecular weight is 467 g/mol. The maximum Gasteiger partial charge on any atom is 0.252 e. The molecule has 0 aliphatic rings. The van der Waals surface area contributed by atoms with Crippen LogP contribution in [0.1, 0.15) is 34.3 Å². The minimum absolute atomic E-state index is 0.00891. The second kappa shape index (κ2) is 9.89. The molecule has 4 rings (SSSR count). The fourth-order valence-electron chi connectivity index (χ4n) is 3.61. The number of hydrogen-bond acceptors (Lipinski definition) is 5. The summed E-state index contributed by atoms with van der Waals surface area (Å²) in [4.78, 5) is 17.3. The van der Waals surface area contributed by atoms with Gasteiger partial charge in [-0.15, -0.1) is 5.10 Å². The van der Waals surface area contributed by atoms with Crippen LogP contribution in [0.4, 0.5) is 0 Å². The molecule has 0 radical (unpaired) electrons. The topological polar surface area (TPSA) is 96.5 Å². The molecule has 0 bridgehead atoms. The van der Waals surface area contributed by atoms with Gasteiger partial charge in [0.15, 0.2) is 5.82 Å². The van der Waals surface area contributed by atoms with Crippen molar-refractivity contribution < 1.29 is 4.79 Å². The van der Waals surface area contributed by atoms with Crippen molar-refractivity contribution in [2.75, 3.05) is 0 Å². The zero-order valence-corrected chi connectivity index (χ0v) is 18.7. The zero-order valence-electron chi connectivity index (χ0n) is 17.2. The Bertz CT molecular complexity index is 1180. The maximum absolute atomic E-state index is 13.2. The number of aromatic amines is 1. The molecule has 0 spiro atoms. The minimum atomic E-state index is -0.235. The Hall–Kier alpha value is -3.29. The molecular weight excluding hydrogens is 447 g/mol. The van der Waals surface area contributed by atoms with Crippen molar-refractivity contribution in [3.05, 3.63) is 93.7 Å². The number of hydrogen-bond donors (Lipinski definition) is 2. The van der Waals surface area contributed by atoms with E-state index in [-0.39, 0.29) is 17.9 Å². The molecule has 32 heavy (non-hydrogen) atoms. The van der Waals surface area contributed by atoms with Gasteiger partial charge in [-0.1, -0.05) is 47.5 Å². The van der Waals surface area contributed by atoms with E-state index in [2.05, 4.69) is 30.9 Å². The van der Waals surface area contributed by atoms with Gasteiger partial charge in [0.1, 0.15) is 0 Å². The molecule has 4 aromatic rings. The number of pyridine rings is 1. The molecule has 0 saturated carbocycles. The standard InChI is InChI=1S/C23H20Cl2N6O/c1-14(27-23(32)19-10-11-26-13-21(19)22-28-30-31-29-22)20(16-4-8-18(25)9-5-16)12-15-2-6-17(24)7-3-15/h2-11,13-14,20H,12H2,1H3,(H,27,32)(H,28,29,30,31). The summed E-state index contributed by atoms with van der Waals surface area (Å²) in [5.41, 5.74) is 3.16. The number of halogens is 2. The lowest BCUT2D eigenvalue weighted by Gasteiger charge is -2.26. The van der Waals surface area contributed by atoms with E-state index in [1.807, 2.05) is 55.5 Å². The largest absolute Gasteiger partial charge is 0.349 e. The maximum atomic E-state index is 13.2. The van der Waals surface area contributed by atoms with Crippen molar-refractivity contribution in [1.82, 2.24) is 30.9 Å². The number of tetrazole rings is 1. The third-order valence-corrected chi connectivity index (χ3v) is 5.80. The number of H-pyrrole nitrogens is 1. The first-order valence-corrected chi connectivity index (χ1v) is 10.8. The van der Waals surface area contributed by atoms with E-state index in [9.17, 15) is 4.79 Å². The summed E-state index contributed by atoms with van der Waals surface area (Å²) >= 11 is 12.1. The number of benzene rings is 2. The highest BCUT2D eigenvalue weighted by atomic mass is 35.5. The van der Waals surface area contributed by atoms with E-state index in [0.717, 1.165) is 17.5 Å². The van der Waals surface area contributed by atoms with Crippen molar-refractivity contribution >= 4 is 29.1 Å². The average Bonchev–Trinajstić information content (AvgIpc) is 3.34. The Balaban J connectivity index is 1.60. The van der Waals surface area contributed by atoms with Gasteiger partial charge in [-0.2, -0.15) is 0 Å². The molecule has 1 amide bonds. The van der Waals surface area contributed by atoms with Crippen molar-refractivity contribution in [2.24, 2.45) is 0 Å². The van der Waals surface area contributed by atoms with Crippen LogP contribution in [0.3, 0.4) is 0 Å². The Morgan fingerprint density at radius 3 is 2.38 bits per heavy atom. The van der Waals surface area contributed by atoms with Crippen molar-refractivity contribution in [1.29, 1.82) is 0 Å². The number of amides is 1. The number of carbonyl (C=O) groups is 1. The van der Waals surface area contributed by atoms with Crippen molar-refractivity contribution in [3.8, 4) is 11.4 Å². The second-order valence-corrected chi connectivity index (χ2v) is 8.29. The SMILES string of the molecule is CC(NC(=O)c1ccncc1-c1nnn[nH]1)C(Cc1ccc(Cl)cc1)c1ccc(Cl)cc1. The lowest BCUT2D eigenvalue weighted by Crippen LogP contribution is -2.38. The fraction of sp³-hybridized carbons (Fsp3) is 0.174. The number of rotatable bonds is 7. The van der Waals surface area contributed by atoms with E-state index in [1.54, 1.807) is 18.5 Å². The molecule has 7 nitrogen and oxygen atoms in total. The van der Waals surface area contributed by atoms with Crippen LogP contribution in [0.2, 0.25) is 10.0 Å². The quantitative estimate of drug-likeness (QED) is 0.410. The Kier molecular flexibility index (Phi) is 6.78. The number of aromatic nitrogens is 5. The molecule has 2 heterocycles.